The van der Waals surface area contributed by atoms with Gasteiger partial charge in [-0.25, -0.2) is 9.97 Å². The largest absolute Gasteiger partial charge is 0.302 e. The van der Waals surface area contributed by atoms with E-state index in [0.717, 1.165) is 49.7 Å². The van der Waals surface area contributed by atoms with Gasteiger partial charge in [0.15, 0.2) is 10.1 Å². The topological polar surface area (TPSA) is 49.3 Å². The lowest BCUT2D eigenvalue weighted by molar-refractivity contribution is 0.0983. The molecule has 4 rings (SSSR count). The number of benzene rings is 2. The number of likely N-dealkylation sites (N-methyl/N-ethyl adjacent to an activating group) is 1. The molecular weight excluding hydrogens is 468 g/mol. The zero-order valence-electron chi connectivity index (χ0n) is 16.3. The average molecular weight is 489 g/mol. The lowest BCUT2D eigenvalue weighted by Gasteiger charge is -2.24. The molecule has 0 saturated heterocycles. The number of fused-ring (bicyclic) bond motifs is 2. The van der Waals surface area contributed by atoms with E-state index in [1.54, 1.807) is 4.90 Å². The Labute approximate surface area is 186 Å². The number of halogens is 1. The van der Waals surface area contributed by atoms with Gasteiger partial charge in [0.2, 0.25) is 0 Å². The van der Waals surface area contributed by atoms with Gasteiger partial charge in [0, 0.05) is 17.6 Å². The fourth-order valence-electron chi connectivity index (χ4n) is 3.15. The molecule has 0 bridgehead atoms. The molecular formula is C21H21BrN4OS2. The summed E-state index contributed by atoms with van der Waals surface area (Å²) in [4.78, 5) is 26.9. The van der Waals surface area contributed by atoms with E-state index < -0.39 is 0 Å². The monoisotopic (exact) mass is 488 g/mol. The summed E-state index contributed by atoms with van der Waals surface area (Å²) in [5.41, 5.74) is 1.76. The number of carbonyl (C=O) groups excluding carboxylic acids is 1. The van der Waals surface area contributed by atoms with E-state index in [1.807, 2.05) is 42.5 Å². The van der Waals surface area contributed by atoms with E-state index in [1.165, 1.54) is 22.7 Å². The number of thiazole rings is 2. The second kappa shape index (κ2) is 8.87. The number of hydrogen-bond donors (Lipinski definition) is 0. The van der Waals surface area contributed by atoms with Crippen molar-refractivity contribution < 1.29 is 4.79 Å². The maximum absolute atomic E-state index is 13.5. The van der Waals surface area contributed by atoms with Crippen LogP contribution in [-0.2, 0) is 0 Å². The quantitative estimate of drug-likeness (QED) is 0.336. The maximum Gasteiger partial charge on any atom is 0.289 e. The van der Waals surface area contributed by atoms with Crippen LogP contribution in [0.1, 0.15) is 23.6 Å². The highest BCUT2D eigenvalue weighted by molar-refractivity contribution is 9.10. The number of amides is 1. The van der Waals surface area contributed by atoms with Crippen LogP contribution >= 0.6 is 38.6 Å². The first kappa shape index (κ1) is 20.4. The number of anilines is 1. The molecule has 2 aromatic carbocycles. The van der Waals surface area contributed by atoms with Crippen molar-refractivity contribution in [2.24, 2.45) is 0 Å². The summed E-state index contributed by atoms with van der Waals surface area (Å²) in [6.07, 6.45) is 0. The normalized spacial score (nSPS) is 11.6. The van der Waals surface area contributed by atoms with Crippen molar-refractivity contribution in [2.75, 3.05) is 31.1 Å². The minimum Gasteiger partial charge on any atom is -0.302 e. The summed E-state index contributed by atoms with van der Waals surface area (Å²) in [5, 5.41) is 1.22. The second-order valence-electron chi connectivity index (χ2n) is 6.58. The van der Waals surface area contributed by atoms with Gasteiger partial charge >= 0.3 is 0 Å². The van der Waals surface area contributed by atoms with Crippen LogP contribution in [0.3, 0.4) is 0 Å². The highest BCUT2D eigenvalue weighted by Gasteiger charge is 2.24. The standard InChI is InChI=1S/C21H21BrN4OS2/c1-3-25(4-2)11-12-26(21-24-16-10-9-14(22)13-18(16)29-21)20(27)19-23-15-7-5-6-8-17(15)28-19/h5-10,13H,3-4,11-12H2,1-2H3. The van der Waals surface area contributed by atoms with Crippen LogP contribution < -0.4 is 4.90 Å². The Balaban J connectivity index is 1.70. The van der Waals surface area contributed by atoms with Crippen molar-refractivity contribution >= 4 is 70.1 Å². The average Bonchev–Trinajstić information content (AvgIpc) is 3.34. The Morgan fingerprint density at radius 2 is 1.72 bits per heavy atom. The Morgan fingerprint density at radius 1 is 0.966 bits per heavy atom. The molecule has 0 spiro atoms. The lowest BCUT2D eigenvalue weighted by atomic mass is 10.3. The Kier molecular flexibility index (Phi) is 6.24. The number of rotatable bonds is 7. The number of hydrogen-bond acceptors (Lipinski definition) is 6. The van der Waals surface area contributed by atoms with Gasteiger partial charge in [-0.2, -0.15) is 0 Å². The zero-order valence-corrected chi connectivity index (χ0v) is 19.5. The Hall–Kier alpha value is -1.87. The van der Waals surface area contributed by atoms with Gasteiger partial charge < -0.3 is 4.90 Å². The molecule has 0 fully saturated rings. The van der Waals surface area contributed by atoms with Gasteiger partial charge in [-0.3, -0.25) is 9.69 Å². The fraction of sp³-hybridized carbons (Fsp3) is 0.286. The predicted molar refractivity (Wildman–Crippen MR) is 126 cm³/mol. The van der Waals surface area contributed by atoms with Gasteiger partial charge in [0.25, 0.3) is 5.91 Å². The first-order valence-corrected chi connectivity index (χ1v) is 12.0. The number of para-hydroxylation sites is 1. The summed E-state index contributed by atoms with van der Waals surface area (Å²) < 4.78 is 3.08. The molecule has 0 N–H and O–H groups in total. The molecule has 5 nitrogen and oxygen atoms in total. The molecule has 2 heterocycles. The third kappa shape index (κ3) is 4.35. The van der Waals surface area contributed by atoms with Crippen LogP contribution in [0.4, 0.5) is 5.13 Å². The minimum atomic E-state index is -0.0866. The van der Waals surface area contributed by atoms with E-state index in [4.69, 9.17) is 4.98 Å². The molecule has 4 aromatic rings. The number of nitrogens with zero attached hydrogens (tertiary/aromatic N) is 4. The molecule has 0 radical (unpaired) electrons. The maximum atomic E-state index is 13.5. The molecule has 150 valence electrons. The van der Waals surface area contributed by atoms with Crippen LogP contribution in [-0.4, -0.2) is 47.0 Å². The van der Waals surface area contributed by atoms with Gasteiger partial charge in [0.05, 0.1) is 20.4 Å². The minimum absolute atomic E-state index is 0.0866. The van der Waals surface area contributed by atoms with Gasteiger partial charge in [-0.05, 0) is 43.4 Å². The molecule has 0 aliphatic rings. The number of aromatic nitrogens is 2. The van der Waals surface area contributed by atoms with Crippen LogP contribution in [0.15, 0.2) is 46.9 Å². The predicted octanol–water partition coefficient (Wildman–Crippen LogP) is 5.66. The summed E-state index contributed by atoms with van der Waals surface area (Å²) in [7, 11) is 0. The highest BCUT2D eigenvalue weighted by Crippen LogP contribution is 2.32. The van der Waals surface area contributed by atoms with Crippen molar-refractivity contribution in [3.63, 3.8) is 0 Å². The third-order valence-corrected chi connectivity index (χ3v) is 7.39. The SMILES string of the molecule is CCN(CC)CCN(C(=O)c1nc2ccccc2s1)c1nc2ccc(Br)cc2s1. The summed E-state index contributed by atoms with van der Waals surface area (Å²) in [6.45, 7) is 7.55. The molecule has 0 aliphatic heterocycles. The van der Waals surface area contributed by atoms with Gasteiger partial charge in [0.1, 0.15) is 0 Å². The molecule has 1 amide bonds. The summed E-state index contributed by atoms with van der Waals surface area (Å²) >= 11 is 6.49. The smallest absolute Gasteiger partial charge is 0.289 e. The molecule has 2 aromatic heterocycles. The van der Waals surface area contributed by atoms with E-state index in [9.17, 15) is 4.79 Å². The van der Waals surface area contributed by atoms with Crippen molar-refractivity contribution in [3.05, 3.63) is 51.9 Å². The van der Waals surface area contributed by atoms with Crippen molar-refractivity contribution in [2.45, 2.75) is 13.8 Å². The van der Waals surface area contributed by atoms with E-state index >= 15 is 0 Å². The van der Waals surface area contributed by atoms with E-state index in [-0.39, 0.29) is 5.91 Å². The van der Waals surface area contributed by atoms with Crippen molar-refractivity contribution in [1.29, 1.82) is 0 Å². The van der Waals surface area contributed by atoms with Crippen molar-refractivity contribution in [1.82, 2.24) is 14.9 Å². The van der Waals surface area contributed by atoms with Crippen LogP contribution in [0.5, 0.6) is 0 Å². The Bertz CT molecular complexity index is 1120. The van der Waals surface area contributed by atoms with Crippen molar-refractivity contribution in [3.8, 4) is 0 Å². The first-order valence-electron chi connectivity index (χ1n) is 9.55. The second-order valence-corrected chi connectivity index (χ2v) is 9.53. The lowest BCUT2D eigenvalue weighted by Crippen LogP contribution is -2.38. The summed E-state index contributed by atoms with van der Waals surface area (Å²) in [5.74, 6) is -0.0866. The molecule has 0 aliphatic carbocycles. The third-order valence-electron chi connectivity index (χ3n) is 4.83. The van der Waals surface area contributed by atoms with Crippen LogP contribution in [0, 0.1) is 0 Å². The fourth-order valence-corrected chi connectivity index (χ4v) is 5.60. The van der Waals surface area contributed by atoms with Crippen LogP contribution in [0.2, 0.25) is 0 Å². The Morgan fingerprint density at radius 3 is 2.48 bits per heavy atom. The first-order chi connectivity index (χ1) is 14.1. The molecule has 0 atom stereocenters. The van der Waals surface area contributed by atoms with Crippen LogP contribution in [0.25, 0.3) is 20.4 Å². The molecule has 8 heteroatoms. The molecule has 29 heavy (non-hydrogen) atoms. The van der Waals surface area contributed by atoms with E-state index in [0.29, 0.717) is 11.6 Å². The van der Waals surface area contributed by atoms with Gasteiger partial charge in [-0.1, -0.05) is 53.2 Å². The number of carbonyl (C=O) groups is 1. The summed E-state index contributed by atoms with van der Waals surface area (Å²) in [6, 6.07) is 13.8. The molecule has 0 saturated carbocycles. The highest BCUT2D eigenvalue weighted by atomic mass is 79.9. The van der Waals surface area contributed by atoms with E-state index in [2.05, 4.69) is 39.7 Å². The van der Waals surface area contributed by atoms with Gasteiger partial charge in [-0.15, -0.1) is 11.3 Å². The zero-order chi connectivity index (χ0) is 20.4. The molecule has 0 unspecified atom stereocenters.